The van der Waals surface area contributed by atoms with Crippen LogP contribution in [0.25, 0.3) is 10.2 Å². The summed E-state index contributed by atoms with van der Waals surface area (Å²) in [6.45, 7) is 3.31. The molecule has 0 amide bonds. The minimum atomic E-state index is -4.92. The third kappa shape index (κ3) is 7.37. The highest BCUT2D eigenvalue weighted by molar-refractivity contribution is 7.79. The van der Waals surface area contributed by atoms with E-state index in [1.807, 2.05) is 0 Å². The molecule has 0 bridgehead atoms. The third-order valence-electron chi connectivity index (χ3n) is 2.79. The van der Waals surface area contributed by atoms with Crippen molar-refractivity contribution in [3.05, 3.63) is 23.7 Å². The standard InChI is InChI=1S/C13H19N2S.H2O4S/c1-3-4-5-8-14-11-6-7-12-13(9-11)16-10-15(12)2;1-5(2,3)4/h6-7,9-10,14H,3-5,8H2,1-2H3;(H2,1,2,3,4)/q+1;/p-1. The van der Waals surface area contributed by atoms with Crippen molar-refractivity contribution in [1.82, 2.24) is 0 Å². The quantitative estimate of drug-likeness (QED) is 0.379. The molecule has 0 aliphatic rings. The number of unbranched alkanes of at least 4 members (excludes halogenated alkanes) is 2. The fraction of sp³-hybridized carbons (Fsp3) is 0.462. The first-order chi connectivity index (χ1) is 9.81. The van der Waals surface area contributed by atoms with Gasteiger partial charge in [0.1, 0.15) is 11.7 Å². The summed E-state index contributed by atoms with van der Waals surface area (Å²) >= 11 is 1.79. The van der Waals surface area contributed by atoms with Crippen molar-refractivity contribution in [2.24, 2.45) is 7.05 Å². The Morgan fingerprint density at radius 1 is 1.38 bits per heavy atom. The molecule has 0 spiro atoms. The number of anilines is 1. The highest BCUT2D eigenvalue weighted by Crippen LogP contribution is 2.20. The fourth-order valence-electron chi connectivity index (χ4n) is 1.81. The maximum absolute atomic E-state index is 8.63. The van der Waals surface area contributed by atoms with Crippen molar-refractivity contribution < 1.29 is 22.1 Å². The molecule has 2 aromatic rings. The highest BCUT2D eigenvalue weighted by atomic mass is 32.3. The van der Waals surface area contributed by atoms with Crippen LogP contribution in [0.2, 0.25) is 0 Å². The smallest absolute Gasteiger partial charge is 0.225 e. The Balaban J connectivity index is 0.000000383. The van der Waals surface area contributed by atoms with Gasteiger partial charge in [-0.05, 0) is 18.6 Å². The number of benzene rings is 1. The van der Waals surface area contributed by atoms with E-state index >= 15 is 0 Å². The molecule has 2 N–H and O–H groups in total. The number of hydrogen-bond donors (Lipinski definition) is 2. The second-order valence-electron chi connectivity index (χ2n) is 4.58. The summed E-state index contributed by atoms with van der Waals surface area (Å²) in [5.74, 6) is 0. The maximum atomic E-state index is 8.63. The van der Waals surface area contributed by atoms with Gasteiger partial charge in [0.2, 0.25) is 21.4 Å². The van der Waals surface area contributed by atoms with Crippen LogP contribution in [0.5, 0.6) is 0 Å². The predicted molar refractivity (Wildman–Crippen MR) is 83.3 cm³/mol. The maximum Gasteiger partial charge on any atom is 0.225 e. The number of nitrogens with one attached hydrogen (secondary N) is 1. The molecule has 1 aromatic heterocycles. The Morgan fingerprint density at radius 2 is 2.05 bits per heavy atom. The summed E-state index contributed by atoms with van der Waals surface area (Å²) in [4.78, 5) is 0. The molecule has 0 unspecified atom stereocenters. The Hall–Kier alpha value is -1.22. The first-order valence-electron chi connectivity index (χ1n) is 6.60. The van der Waals surface area contributed by atoms with E-state index in [1.54, 1.807) is 11.3 Å². The van der Waals surface area contributed by atoms with Crippen molar-refractivity contribution in [3.63, 3.8) is 0 Å². The van der Waals surface area contributed by atoms with Crippen LogP contribution in [-0.4, -0.2) is 24.1 Å². The molecule has 6 nitrogen and oxygen atoms in total. The van der Waals surface area contributed by atoms with Gasteiger partial charge < -0.3 is 9.87 Å². The zero-order valence-corrected chi connectivity index (χ0v) is 13.7. The summed E-state index contributed by atoms with van der Waals surface area (Å²) in [5, 5.41) is 3.48. The summed E-state index contributed by atoms with van der Waals surface area (Å²) in [7, 11) is -2.83. The van der Waals surface area contributed by atoms with E-state index in [-0.39, 0.29) is 0 Å². The summed E-state index contributed by atoms with van der Waals surface area (Å²) < 4.78 is 36.4. The molecule has 2 rings (SSSR count). The normalized spacial score (nSPS) is 11.0. The first kappa shape index (κ1) is 17.8. The lowest BCUT2D eigenvalue weighted by atomic mass is 10.2. The van der Waals surface area contributed by atoms with Crippen molar-refractivity contribution in [1.29, 1.82) is 0 Å². The number of rotatable bonds is 5. The van der Waals surface area contributed by atoms with Crippen LogP contribution in [0, 0.1) is 0 Å². The van der Waals surface area contributed by atoms with Crippen LogP contribution in [0.1, 0.15) is 26.2 Å². The molecule has 21 heavy (non-hydrogen) atoms. The molecule has 0 saturated heterocycles. The topological polar surface area (TPSA) is 93.3 Å². The molecule has 0 radical (unpaired) electrons. The number of aromatic nitrogens is 1. The van der Waals surface area contributed by atoms with Gasteiger partial charge in [-0.1, -0.05) is 31.1 Å². The van der Waals surface area contributed by atoms with Crippen LogP contribution < -0.4 is 9.88 Å². The van der Waals surface area contributed by atoms with E-state index in [1.165, 1.54) is 35.2 Å². The van der Waals surface area contributed by atoms with Gasteiger partial charge in [-0.25, -0.2) is 8.42 Å². The Bertz CT molecular complexity index is 660. The molecule has 0 fully saturated rings. The van der Waals surface area contributed by atoms with Gasteiger partial charge in [0.15, 0.2) is 0 Å². The molecule has 1 aromatic carbocycles. The zero-order chi connectivity index (χ0) is 15.9. The average molecular weight is 332 g/mol. The predicted octanol–water partition coefficient (Wildman–Crippen LogP) is 2.33. The minimum Gasteiger partial charge on any atom is -0.726 e. The minimum absolute atomic E-state index is 1.08. The molecular formula is C13H20N2O4S2. The summed E-state index contributed by atoms with van der Waals surface area (Å²) in [6, 6.07) is 6.60. The van der Waals surface area contributed by atoms with Gasteiger partial charge in [-0.2, -0.15) is 4.57 Å². The van der Waals surface area contributed by atoms with E-state index in [4.69, 9.17) is 17.5 Å². The first-order valence-corrected chi connectivity index (χ1v) is 8.84. The molecule has 0 aliphatic heterocycles. The number of thiazole rings is 1. The van der Waals surface area contributed by atoms with Crippen LogP contribution in [-0.2, 0) is 17.4 Å². The molecule has 118 valence electrons. The van der Waals surface area contributed by atoms with Crippen LogP contribution >= 0.6 is 11.3 Å². The van der Waals surface area contributed by atoms with E-state index in [9.17, 15) is 0 Å². The van der Waals surface area contributed by atoms with Gasteiger partial charge in [-0.15, -0.1) is 0 Å². The molecule has 8 heteroatoms. The lowest BCUT2D eigenvalue weighted by molar-refractivity contribution is -0.640. The summed E-state index contributed by atoms with van der Waals surface area (Å²) in [5.41, 5.74) is 4.70. The number of nitrogens with zero attached hydrogens (tertiary/aromatic N) is 1. The van der Waals surface area contributed by atoms with E-state index in [2.05, 4.69) is 47.6 Å². The van der Waals surface area contributed by atoms with E-state index in [0.29, 0.717) is 0 Å². The van der Waals surface area contributed by atoms with Crippen LogP contribution in [0.15, 0.2) is 23.7 Å². The second-order valence-corrected chi connectivity index (χ2v) is 6.32. The van der Waals surface area contributed by atoms with Crippen molar-refractivity contribution >= 4 is 37.6 Å². The SMILES string of the molecule is CCCCCNc1ccc2c(c1)sc[n+]2C.O=S(=O)([O-])O. The fourth-order valence-corrected chi connectivity index (χ4v) is 2.72. The molecular weight excluding hydrogens is 312 g/mol. The third-order valence-corrected chi connectivity index (χ3v) is 3.79. The largest absolute Gasteiger partial charge is 0.726 e. The van der Waals surface area contributed by atoms with Crippen molar-refractivity contribution in [2.45, 2.75) is 26.2 Å². The monoisotopic (exact) mass is 332 g/mol. The van der Waals surface area contributed by atoms with E-state index in [0.717, 1.165) is 6.54 Å². The number of aryl methyl sites for hydroxylation is 1. The molecule has 0 aliphatic carbocycles. The zero-order valence-electron chi connectivity index (χ0n) is 12.1. The van der Waals surface area contributed by atoms with Gasteiger partial charge in [0.05, 0.1) is 0 Å². The highest BCUT2D eigenvalue weighted by Gasteiger charge is 2.07. The van der Waals surface area contributed by atoms with Crippen LogP contribution in [0.4, 0.5) is 5.69 Å². The van der Waals surface area contributed by atoms with Gasteiger partial charge >= 0.3 is 0 Å². The molecule has 0 atom stereocenters. The van der Waals surface area contributed by atoms with Gasteiger partial charge in [-0.3, -0.25) is 4.55 Å². The Morgan fingerprint density at radius 3 is 2.67 bits per heavy atom. The lowest BCUT2D eigenvalue weighted by Crippen LogP contribution is -2.24. The molecule has 0 saturated carbocycles. The lowest BCUT2D eigenvalue weighted by Gasteiger charge is -2.04. The van der Waals surface area contributed by atoms with Crippen molar-refractivity contribution in [2.75, 3.05) is 11.9 Å². The van der Waals surface area contributed by atoms with Crippen LogP contribution in [0.3, 0.4) is 0 Å². The van der Waals surface area contributed by atoms with Gasteiger partial charge in [0, 0.05) is 18.3 Å². The number of hydrogen-bond acceptors (Lipinski definition) is 5. The molecule has 1 heterocycles. The van der Waals surface area contributed by atoms with E-state index < -0.39 is 10.4 Å². The number of fused-ring (bicyclic) bond motifs is 1. The van der Waals surface area contributed by atoms with Crippen molar-refractivity contribution in [3.8, 4) is 0 Å². The Kier molecular flexibility index (Phi) is 7.03. The summed E-state index contributed by atoms with van der Waals surface area (Å²) in [6.07, 6.45) is 3.84. The average Bonchev–Trinajstić information content (AvgIpc) is 2.74. The van der Waals surface area contributed by atoms with Gasteiger partial charge in [0.25, 0.3) is 0 Å². The Labute approximate surface area is 129 Å². The second kappa shape index (κ2) is 8.28.